The fourth-order valence-electron chi connectivity index (χ4n) is 2.90. The average molecular weight is 251 g/mol. The Kier molecular flexibility index (Phi) is 4.75. The molecule has 1 saturated carbocycles. The molecule has 1 aromatic rings. The molecule has 102 valence electrons. The zero-order valence-corrected chi connectivity index (χ0v) is 11.5. The lowest BCUT2D eigenvalue weighted by Crippen LogP contribution is -2.25. The second kappa shape index (κ2) is 6.32. The van der Waals surface area contributed by atoms with Gasteiger partial charge in [-0.3, -0.25) is 0 Å². The summed E-state index contributed by atoms with van der Waals surface area (Å²) in [5.41, 5.74) is 0. The monoisotopic (exact) mass is 251 g/mol. The van der Waals surface area contributed by atoms with Gasteiger partial charge in [0.15, 0.2) is 0 Å². The molecule has 1 aliphatic carbocycles. The van der Waals surface area contributed by atoms with Gasteiger partial charge in [0.2, 0.25) is 0 Å². The summed E-state index contributed by atoms with van der Waals surface area (Å²) in [7, 11) is 0. The van der Waals surface area contributed by atoms with Gasteiger partial charge < -0.3 is 5.11 Å². The molecule has 0 saturated heterocycles. The number of rotatable bonds is 4. The fourth-order valence-corrected chi connectivity index (χ4v) is 2.90. The molecule has 2 rings (SSSR count). The van der Waals surface area contributed by atoms with E-state index in [1.54, 1.807) is 6.33 Å². The second-order valence-electron chi connectivity index (χ2n) is 5.74. The van der Waals surface area contributed by atoms with E-state index in [1.807, 2.05) is 4.68 Å². The molecule has 0 bridgehead atoms. The molecule has 0 amide bonds. The van der Waals surface area contributed by atoms with Gasteiger partial charge in [-0.25, -0.2) is 9.67 Å². The molecule has 18 heavy (non-hydrogen) atoms. The Bertz CT molecular complexity index is 354. The zero-order chi connectivity index (χ0) is 13.0. The Hall–Kier alpha value is -0.900. The Morgan fingerprint density at radius 2 is 1.94 bits per heavy atom. The topological polar surface area (TPSA) is 50.9 Å². The molecule has 4 nitrogen and oxygen atoms in total. The summed E-state index contributed by atoms with van der Waals surface area (Å²) in [4.78, 5) is 4.29. The van der Waals surface area contributed by atoms with Crippen molar-refractivity contribution in [1.82, 2.24) is 14.8 Å². The van der Waals surface area contributed by atoms with Crippen LogP contribution in [0.15, 0.2) is 6.33 Å². The second-order valence-corrected chi connectivity index (χ2v) is 5.74. The van der Waals surface area contributed by atoms with Crippen LogP contribution in [0.25, 0.3) is 0 Å². The first-order valence-corrected chi connectivity index (χ1v) is 7.25. The van der Waals surface area contributed by atoms with Crippen LogP contribution in [0.1, 0.15) is 64.2 Å². The van der Waals surface area contributed by atoms with Crippen LogP contribution in [-0.4, -0.2) is 26.0 Å². The molecule has 0 radical (unpaired) electrons. The van der Waals surface area contributed by atoms with Crippen molar-refractivity contribution >= 4 is 0 Å². The Labute approximate surface area is 109 Å². The quantitative estimate of drug-likeness (QED) is 0.837. The minimum atomic E-state index is -0.259. The van der Waals surface area contributed by atoms with Gasteiger partial charge in [-0.05, 0) is 32.6 Å². The summed E-state index contributed by atoms with van der Waals surface area (Å²) in [6.45, 7) is 4.19. The van der Waals surface area contributed by atoms with Gasteiger partial charge in [0, 0.05) is 12.5 Å². The lowest BCUT2D eigenvalue weighted by Gasteiger charge is -2.21. The van der Waals surface area contributed by atoms with Gasteiger partial charge in [-0.1, -0.05) is 25.7 Å². The SMILES string of the molecule is CC(C)n1ncnc1CC(O)C1CCCCCC1. The molecule has 1 N–H and O–H groups in total. The van der Waals surface area contributed by atoms with Crippen LogP contribution in [0.5, 0.6) is 0 Å². The van der Waals surface area contributed by atoms with E-state index in [-0.39, 0.29) is 6.10 Å². The first-order valence-electron chi connectivity index (χ1n) is 7.25. The molecule has 0 spiro atoms. The van der Waals surface area contributed by atoms with Gasteiger partial charge >= 0.3 is 0 Å². The third kappa shape index (κ3) is 3.31. The minimum Gasteiger partial charge on any atom is -0.392 e. The van der Waals surface area contributed by atoms with E-state index in [0.29, 0.717) is 18.4 Å². The van der Waals surface area contributed by atoms with E-state index in [4.69, 9.17) is 0 Å². The van der Waals surface area contributed by atoms with Gasteiger partial charge in [-0.15, -0.1) is 0 Å². The number of aromatic nitrogens is 3. The summed E-state index contributed by atoms with van der Waals surface area (Å²) >= 11 is 0. The van der Waals surface area contributed by atoms with Crippen molar-refractivity contribution < 1.29 is 5.11 Å². The largest absolute Gasteiger partial charge is 0.392 e. The van der Waals surface area contributed by atoms with E-state index in [1.165, 1.54) is 25.7 Å². The smallest absolute Gasteiger partial charge is 0.138 e. The molecule has 0 aromatic carbocycles. The Morgan fingerprint density at radius 3 is 2.56 bits per heavy atom. The molecule has 4 heteroatoms. The van der Waals surface area contributed by atoms with Crippen molar-refractivity contribution in [2.75, 3.05) is 0 Å². The summed E-state index contributed by atoms with van der Waals surface area (Å²) in [5.74, 6) is 1.37. The molecule has 1 unspecified atom stereocenters. The van der Waals surface area contributed by atoms with Crippen LogP contribution >= 0.6 is 0 Å². The molecular weight excluding hydrogens is 226 g/mol. The predicted octanol–water partition coefficient (Wildman–Crippen LogP) is 2.73. The predicted molar refractivity (Wildman–Crippen MR) is 71.3 cm³/mol. The van der Waals surface area contributed by atoms with Crippen molar-refractivity contribution in [2.45, 2.75) is 70.9 Å². The molecule has 1 atom stereocenters. The lowest BCUT2D eigenvalue weighted by molar-refractivity contribution is 0.0952. The van der Waals surface area contributed by atoms with Crippen LogP contribution < -0.4 is 0 Å². The minimum absolute atomic E-state index is 0.259. The van der Waals surface area contributed by atoms with E-state index >= 15 is 0 Å². The van der Waals surface area contributed by atoms with Crippen LogP contribution in [-0.2, 0) is 6.42 Å². The van der Waals surface area contributed by atoms with E-state index in [0.717, 1.165) is 18.7 Å². The summed E-state index contributed by atoms with van der Waals surface area (Å²) in [6.07, 6.45) is 9.48. The van der Waals surface area contributed by atoms with Crippen molar-refractivity contribution in [3.05, 3.63) is 12.2 Å². The third-order valence-corrected chi connectivity index (χ3v) is 3.97. The van der Waals surface area contributed by atoms with Crippen molar-refractivity contribution in [3.8, 4) is 0 Å². The summed E-state index contributed by atoms with van der Waals surface area (Å²) in [6, 6.07) is 0.309. The van der Waals surface area contributed by atoms with Gasteiger partial charge in [0.1, 0.15) is 12.2 Å². The van der Waals surface area contributed by atoms with Gasteiger partial charge in [-0.2, -0.15) is 5.10 Å². The molecule has 1 aliphatic rings. The molecule has 1 heterocycles. The van der Waals surface area contributed by atoms with Crippen LogP contribution in [0, 0.1) is 5.92 Å². The number of aliphatic hydroxyl groups excluding tert-OH is 1. The summed E-state index contributed by atoms with van der Waals surface area (Å²) < 4.78 is 1.92. The first kappa shape index (κ1) is 13.5. The van der Waals surface area contributed by atoms with Gasteiger partial charge in [0.25, 0.3) is 0 Å². The van der Waals surface area contributed by atoms with Crippen LogP contribution in [0.4, 0.5) is 0 Å². The number of nitrogens with zero attached hydrogens (tertiary/aromatic N) is 3. The number of aliphatic hydroxyl groups is 1. The highest BCUT2D eigenvalue weighted by atomic mass is 16.3. The average Bonchev–Trinajstić information content (AvgIpc) is 2.63. The highest BCUT2D eigenvalue weighted by molar-refractivity contribution is 4.91. The standard InChI is InChI=1S/C14H25N3O/c1-11(2)17-14(15-10-16-17)9-13(18)12-7-5-3-4-6-8-12/h10-13,18H,3-9H2,1-2H3. The van der Waals surface area contributed by atoms with E-state index in [9.17, 15) is 5.11 Å². The van der Waals surface area contributed by atoms with Crippen LogP contribution in [0.3, 0.4) is 0 Å². The fraction of sp³-hybridized carbons (Fsp3) is 0.857. The maximum Gasteiger partial charge on any atom is 0.138 e. The normalized spacial score (nSPS) is 20.0. The number of hydrogen-bond donors (Lipinski definition) is 1. The van der Waals surface area contributed by atoms with Crippen molar-refractivity contribution in [3.63, 3.8) is 0 Å². The molecule has 0 aliphatic heterocycles. The maximum absolute atomic E-state index is 10.4. The van der Waals surface area contributed by atoms with E-state index in [2.05, 4.69) is 23.9 Å². The molecule has 1 aromatic heterocycles. The van der Waals surface area contributed by atoms with Crippen molar-refractivity contribution in [2.24, 2.45) is 5.92 Å². The zero-order valence-electron chi connectivity index (χ0n) is 11.5. The number of hydrogen-bond acceptors (Lipinski definition) is 3. The maximum atomic E-state index is 10.4. The first-order chi connectivity index (χ1) is 8.68. The van der Waals surface area contributed by atoms with E-state index < -0.39 is 0 Å². The lowest BCUT2D eigenvalue weighted by atomic mass is 9.92. The van der Waals surface area contributed by atoms with Crippen molar-refractivity contribution in [1.29, 1.82) is 0 Å². The summed E-state index contributed by atoms with van der Waals surface area (Å²) in [5, 5.41) is 14.6. The molecule has 1 fully saturated rings. The molecular formula is C14H25N3O. The Balaban J connectivity index is 1.97. The highest BCUT2D eigenvalue weighted by Gasteiger charge is 2.23. The van der Waals surface area contributed by atoms with Gasteiger partial charge in [0.05, 0.1) is 6.10 Å². The van der Waals surface area contributed by atoms with Crippen LogP contribution in [0.2, 0.25) is 0 Å². The third-order valence-electron chi connectivity index (χ3n) is 3.97. The Morgan fingerprint density at radius 1 is 1.28 bits per heavy atom. The highest BCUT2D eigenvalue weighted by Crippen LogP contribution is 2.27.